The molecular formula is C22H24ClFN4O4. The van der Waals surface area contributed by atoms with Gasteiger partial charge in [-0.15, -0.1) is 0 Å². The molecule has 8 nitrogen and oxygen atoms in total. The number of halogens is 2. The Morgan fingerprint density at radius 1 is 1.28 bits per heavy atom. The fraction of sp³-hybridized carbons (Fsp3) is 0.364. The molecule has 2 heterocycles. The topological polar surface area (TPSA) is 100.0 Å². The quantitative estimate of drug-likeness (QED) is 0.470. The smallest absolute Gasteiger partial charge is 0.163 e. The number of aliphatic hydroxyl groups is 2. The highest BCUT2D eigenvalue weighted by molar-refractivity contribution is 6.30. The van der Waals surface area contributed by atoms with Crippen LogP contribution >= 0.6 is 11.6 Å². The average molecular weight is 463 g/mol. The van der Waals surface area contributed by atoms with E-state index in [0.717, 1.165) is 6.54 Å². The normalized spacial score (nSPS) is 17.5. The van der Waals surface area contributed by atoms with E-state index in [9.17, 15) is 14.6 Å². The van der Waals surface area contributed by atoms with E-state index in [1.807, 2.05) is 4.90 Å². The van der Waals surface area contributed by atoms with E-state index in [-0.39, 0.29) is 18.4 Å². The predicted octanol–water partition coefficient (Wildman–Crippen LogP) is 2.98. The summed E-state index contributed by atoms with van der Waals surface area (Å²) in [6, 6.07) is 7.71. The second-order valence-electron chi connectivity index (χ2n) is 7.66. The summed E-state index contributed by atoms with van der Waals surface area (Å²) in [4.78, 5) is 10.5. The van der Waals surface area contributed by atoms with Crippen LogP contribution in [0.4, 0.5) is 15.9 Å². The number of rotatable bonds is 8. The number of methoxy groups -OCH3 is 1. The van der Waals surface area contributed by atoms with Gasteiger partial charge in [0.25, 0.3) is 0 Å². The second-order valence-corrected chi connectivity index (χ2v) is 8.09. The van der Waals surface area contributed by atoms with Crippen LogP contribution in [-0.4, -0.2) is 70.6 Å². The third-order valence-corrected chi connectivity index (χ3v) is 5.49. The Morgan fingerprint density at radius 3 is 2.84 bits per heavy atom. The van der Waals surface area contributed by atoms with Crippen molar-refractivity contribution in [3.05, 3.63) is 47.5 Å². The molecule has 0 spiro atoms. The van der Waals surface area contributed by atoms with Crippen LogP contribution in [0.3, 0.4) is 0 Å². The van der Waals surface area contributed by atoms with Gasteiger partial charge in [-0.3, -0.25) is 4.90 Å². The van der Waals surface area contributed by atoms with Crippen molar-refractivity contribution in [3.8, 4) is 11.5 Å². The van der Waals surface area contributed by atoms with Gasteiger partial charge in [0.1, 0.15) is 30.7 Å². The maximum atomic E-state index is 14.2. The Kier molecular flexibility index (Phi) is 6.90. The molecule has 4 rings (SSSR count). The zero-order chi connectivity index (χ0) is 22.7. The number of likely N-dealkylation sites (tertiary alicyclic amines) is 1. The Morgan fingerprint density at radius 2 is 2.12 bits per heavy atom. The predicted molar refractivity (Wildman–Crippen MR) is 119 cm³/mol. The molecule has 2 aromatic carbocycles. The standard InChI is InChI=1S/C22H24ClFN4O4/c1-31-20-7-16-19(8-21(20)32-11-15(30)10-28-5-4-14(29)9-28)25-12-26-22(16)27-18-3-2-13(23)6-17(18)24/h2-3,6-8,12,14-15,29-30H,4-5,9-11H2,1H3,(H,25,26,27). The number of fused-ring (bicyclic) bond motifs is 1. The van der Waals surface area contributed by atoms with E-state index in [2.05, 4.69) is 15.3 Å². The molecule has 1 aliphatic rings. The number of nitrogens with one attached hydrogen (secondary N) is 1. The van der Waals surface area contributed by atoms with Gasteiger partial charge in [-0.25, -0.2) is 14.4 Å². The molecule has 10 heteroatoms. The van der Waals surface area contributed by atoms with Crippen molar-refractivity contribution in [1.29, 1.82) is 0 Å². The summed E-state index contributed by atoms with van der Waals surface area (Å²) in [5, 5.41) is 23.8. The largest absolute Gasteiger partial charge is 0.493 e. The fourth-order valence-corrected chi connectivity index (χ4v) is 3.83. The maximum absolute atomic E-state index is 14.2. The summed E-state index contributed by atoms with van der Waals surface area (Å²) in [6.45, 7) is 1.77. The highest BCUT2D eigenvalue weighted by atomic mass is 35.5. The Balaban J connectivity index is 1.52. The average Bonchev–Trinajstić information content (AvgIpc) is 3.18. The molecule has 0 aliphatic carbocycles. The van der Waals surface area contributed by atoms with Crippen LogP contribution in [0.2, 0.25) is 5.02 Å². The summed E-state index contributed by atoms with van der Waals surface area (Å²) in [5.74, 6) is 0.739. The molecule has 2 atom stereocenters. The van der Waals surface area contributed by atoms with Crippen LogP contribution in [0.15, 0.2) is 36.7 Å². The third-order valence-electron chi connectivity index (χ3n) is 5.25. The molecule has 32 heavy (non-hydrogen) atoms. The van der Waals surface area contributed by atoms with Crippen molar-refractivity contribution in [1.82, 2.24) is 14.9 Å². The Bertz CT molecular complexity index is 1100. The van der Waals surface area contributed by atoms with Crippen LogP contribution in [-0.2, 0) is 0 Å². The molecule has 2 unspecified atom stereocenters. The van der Waals surface area contributed by atoms with Gasteiger partial charge < -0.3 is 25.0 Å². The lowest BCUT2D eigenvalue weighted by Gasteiger charge is -2.20. The van der Waals surface area contributed by atoms with Gasteiger partial charge in [-0.1, -0.05) is 11.6 Å². The lowest BCUT2D eigenvalue weighted by molar-refractivity contribution is 0.0698. The van der Waals surface area contributed by atoms with Crippen molar-refractivity contribution in [2.24, 2.45) is 0 Å². The van der Waals surface area contributed by atoms with Crippen LogP contribution in [0.1, 0.15) is 6.42 Å². The monoisotopic (exact) mass is 462 g/mol. The molecular weight excluding hydrogens is 439 g/mol. The van der Waals surface area contributed by atoms with Gasteiger partial charge >= 0.3 is 0 Å². The molecule has 3 N–H and O–H groups in total. The first-order chi connectivity index (χ1) is 15.4. The molecule has 1 aromatic heterocycles. The summed E-state index contributed by atoms with van der Waals surface area (Å²) >= 11 is 5.82. The van der Waals surface area contributed by atoms with Crippen LogP contribution in [0.25, 0.3) is 10.9 Å². The number of benzene rings is 2. The number of anilines is 2. The van der Waals surface area contributed by atoms with Crippen molar-refractivity contribution >= 4 is 34.0 Å². The minimum Gasteiger partial charge on any atom is -0.493 e. The number of ether oxygens (including phenoxy) is 2. The van der Waals surface area contributed by atoms with Gasteiger partial charge in [0.15, 0.2) is 11.5 Å². The highest BCUT2D eigenvalue weighted by Gasteiger charge is 2.23. The molecule has 3 aromatic rings. The molecule has 1 aliphatic heterocycles. The van der Waals surface area contributed by atoms with Gasteiger partial charge in [-0.05, 0) is 30.7 Å². The minimum absolute atomic E-state index is 0.0562. The first-order valence-electron chi connectivity index (χ1n) is 10.2. The fourth-order valence-electron chi connectivity index (χ4n) is 3.67. The van der Waals surface area contributed by atoms with Gasteiger partial charge in [0, 0.05) is 36.1 Å². The summed E-state index contributed by atoms with van der Waals surface area (Å²) in [6.07, 6.45) is 1.01. The number of nitrogens with zero attached hydrogens (tertiary/aromatic N) is 3. The van der Waals surface area contributed by atoms with Crippen molar-refractivity contribution in [2.45, 2.75) is 18.6 Å². The molecule has 1 saturated heterocycles. The van der Waals surface area contributed by atoms with Crippen LogP contribution in [0.5, 0.6) is 11.5 Å². The number of aromatic nitrogens is 2. The van der Waals surface area contributed by atoms with Gasteiger partial charge in [-0.2, -0.15) is 0 Å². The first-order valence-corrected chi connectivity index (χ1v) is 10.6. The highest BCUT2D eigenvalue weighted by Crippen LogP contribution is 2.35. The van der Waals surface area contributed by atoms with E-state index in [0.29, 0.717) is 52.8 Å². The number of hydrogen-bond donors (Lipinski definition) is 3. The maximum Gasteiger partial charge on any atom is 0.163 e. The SMILES string of the molecule is COc1cc2c(Nc3ccc(Cl)cc3F)ncnc2cc1OCC(O)CN1CCC(O)C1. The zero-order valence-corrected chi connectivity index (χ0v) is 18.2. The number of β-amino-alcohol motifs (C(OH)–C–C–N with tert-alkyl or cyclic N) is 2. The molecule has 170 valence electrons. The van der Waals surface area contributed by atoms with E-state index in [1.54, 1.807) is 18.2 Å². The summed E-state index contributed by atoms with van der Waals surface area (Å²) in [5.41, 5.74) is 0.786. The van der Waals surface area contributed by atoms with E-state index in [4.69, 9.17) is 21.1 Å². The Hall–Kier alpha value is -2.72. The third kappa shape index (κ3) is 5.18. The number of aliphatic hydroxyl groups excluding tert-OH is 2. The second kappa shape index (κ2) is 9.83. The lowest BCUT2D eigenvalue weighted by atomic mass is 10.2. The zero-order valence-electron chi connectivity index (χ0n) is 17.5. The Labute approximate surface area is 189 Å². The lowest BCUT2D eigenvalue weighted by Crippen LogP contribution is -2.34. The van der Waals surface area contributed by atoms with Gasteiger partial charge in [0.2, 0.25) is 0 Å². The van der Waals surface area contributed by atoms with Crippen LogP contribution in [0, 0.1) is 5.82 Å². The summed E-state index contributed by atoms with van der Waals surface area (Å²) < 4.78 is 25.5. The first kappa shape index (κ1) is 22.5. The molecule has 0 amide bonds. The minimum atomic E-state index is -0.726. The van der Waals surface area contributed by atoms with Crippen molar-refractivity contribution in [3.63, 3.8) is 0 Å². The molecule has 0 saturated carbocycles. The van der Waals surface area contributed by atoms with E-state index in [1.165, 1.54) is 25.6 Å². The van der Waals surface area contributed by atoms with Crippen molar-refractivity contribution < 1.29 is 24.1 Å². The molecule has 0 bridgehead atoms. The summed E-state index contributed by atoms with van der Waals surface area (Å²) in [7, 11) is 1.51. The van der Waals surface area contributed by atoms with Crippen molar-refractivity contribution in [2.75, 3.05) is 38.7 Å². The number of hydrogen-bond acceptors (Lipinski definition) is 8. The molecule has 0 radical (unpaired) electrons. The van der Waals surface area contributed by atoms with Gasteiger partial charge in [0.05, 0.1) is 24.4 Å². The van der Waals surface area contributed by atoms with Crippen LogP contribution < -0.4 is 14.8 Å². The van der Waals surface area contributed by atoms with E-state index >= 15 is 0 Å². The molecule has 1 fully saturated rings. The van der Waals surface area contributed by atoms with E-state index < -0.39 is 11.9 Å².